The van der Waals surface area contributed by atoms with Crippen molar-refractivity contribution in [2.24, 2.45) is 5.73 Å². The number of benzene rings is 1. The van der Waals surface area contributed by atoms with Gasteiger partial charge >= 0.3 is 0 Å². The maximum absolute atomic E-state index is 12.2. The van der Waals surface area contributed by atoms with Crippen molar-refractivity contribution in [2.45, 2.75) is 51.0 Å². The summed E-state index contributed by atoms with van der Waals surface area (Å²) in [5.41, 5.74) is 7.13. The minimum Gasteiger partial charge on any atom is -0.326 e. The number of nitrogens with one attached hydrogen (secondary N) is 1. The van der Waals surface area contributed by atoms with Crippen molar-refractivity contribution in [1.82, 2.24) is 4.72 Å². The van der Waals surface area contributed by atoms with Gasteiger partial charge in [-0.05, 0) is 30.5 Å². The van der Waals surface area contributed by atoms with E-state index in [-0.39, 0.29) is 0 Å². The van der Waals surface area contributed by atoms with Crippen molar-refractivity contribution < 1.29 is 8.42 Å². The lowest BCUT2D eigenvalue weighted by molar-refractivity contribution is 0.573. The Morgan fingerprint density at radius 2 is 1.95 bits per heavy atom. The average molecular weight is 284 g/mol. The zero-order chi connectivity index (χ0) is 14.3. The molecule has 0 radical (unpaired) electrons. The van der Waals surface area contributed by atoms with Gasteiger partial charge in [0.25, 0.3) is 0 Å². The average Bonchev–Trinajstić information content (AvgIpc) is 2.39. The summed E-state index contributed by atoms with van der Waals surface area (Å²) < 4.78 is 27.1. The van der Waals surface area contributed by atoms with E-state index >= 15 is 0 Å². The summed E-state index contributed by atoms with van der Waals surface area (Å²) in [6.07, 6.45) is 4.22. The van der Waals surface area contributed by atoms with Crippen LogP contribution in [0.5, 0.6) is 0 Å². The number of aryl methyl sites for hydroxylation is 1. The van der Waals surface area contributed by atoms with Gasteiger partial charge in [0, 0.05) is 13.1 Å². The first-order valence-corrected chi connectivity index (χ1v) is 8.29. The maximum Gasteiger partial charge on any atom is 0.240 e. The second kappa shape index (κ2) is 7.62. The van der Waals surface area contributed by atoms with Crippen LogP contribution < -0.4 is 10.5 Å². The van der Waals surface area contributed by atoms with Gasteiger partial charge in [-0.15, -0.1) is 0 Å². The number of hydrogen-bond acceptors (Lipinski definition) is 3. The summed E-state index contributed by atoms with van der Waals surface area (Å²) in [5.74, 6) is 0. The van der Waals surface area contributed by atoms with Crippen LogP contribution in [-0.4, -0.2) is 15.0 Å². The van der Waals surface area contributed by atoms with Crippen molar-refractivity contribution in [3.8, 4) is 0 Å². The Hall–Kier alpha value is -0.910. The number of sulfonamides is 1. The van der Waals surface area contributed by atoms with Crippen LogP contribution in [0.25, 0.3) is 0 Å². The van der Waals surface area contributed by atoms with Crippen molar-refractivity contribution in [2.75, 3.05) is 6.54 Å². The Morgan fingerprint density at radius 1 is 1.21 bits per heavy atom. The third kappa shape index (κ3) is 4.93. The van der Waals surface area contributed by atoms with E-state index in [1.165, 1.54) is 0 Å². The van der Waals surface area contributed by atoms with Gasteiger partial charge in [0.15, 0.2) is 0 Å². The van der Waals surface area contributed by atoms with E-state index in [0.717, 1.165) is 36.8 Å². The van der Waals surface area contributed by atoms with Crippen molar-refractivity contribution >= 4 is 10.0 Å². The molecular weight excluding hydrogens is 260 g/mol. The molecule has 5 heteroatoms. The Balaban J connectivity index is 2.71. The quantitative estimate of drug-likeness (QED) is 0.720. The molecule has 0 aromatic heterocycles. The highest BCUT2D eigenvalue weighted by Crippen LogP contribution is 2.16. The van der Waals surface area contributed by atoms with Gasteiger partial charge in [0.1, 0.15) is 0 Å². The molecule has 0 unspecified atom stereocenters. The van der Waals surface area contributed by atoms with Gasteiger partial charge in [0.2, 0.25) is 10.0 Å². The largest absolute Gasteiger partial charge is 0.326 e. The lowest BCUT2D eigenvalue weighted by Gasteiger charge is -2.10. The Labute approximate surface area is 116 Å². The molecule has 0 bridgehead atoms. The zero-order valence-electron chi connectivity index (χ0n) is 11.8. The predicted octanol–water partition coefficient (Wildman–Crippen LogP) is 2.31. The van der Waals surface area contributed by atoms with Gasteiger partial charge in [-0.3, -0.25) is 0 Å². The normalized spacial score (nSPS) is 11.7. The predicted molar refractivity (Wildman–Crippen MR) is 78.4 cm³/mol. The standard InChI is InChI=1S/C14H24N2O2S/c1-3-4-5-6-9-16-19(17,18)14-10-13(11-15)8-7-12(14)2/h7-8,10,16H,3-6,9,11,15H2,1-2H3. The van der Waals surface area contributed by atoms with Crippen LogP contribution in [0.2, 0.25) is 0 Å². The van der Waals surface area contributed by atoms with Crippen molar-refractivity contribution in [3.63, 3.8) is 0 Å². The summed E-state index contributed by atoms with van der Waals surface area (Å²) >= 11 is 0. The molecule has 0 fully saturated rings. The van der Waals surface area contributed by atoms with Gasteiger partial charge < -0.3 is 5.73 Å². The summed E-state index contributed by atoms with van der Waals surface area (Å²) in [6.45, 7) is 4.77. The van der Waals surface area contributed by atoms with E-state index in [2.05, 4.69) is 11.6 Å². The SMILES string of the molecule is CCCCCCNS(=O)(=O)c1cc(CN)ccc1C. The Morgan fingerprint density at radius 3 is 2.58 bits per heavy atom. The fourth-order valence-corrected chi connectivity index (χ4v) is 3.26. The van der Waals surface area contributed by atoms with E-state index in [4.69, 9.17) is 5.73 Å². The lowest BCUT2D eigenvalue weighted by Crippen LogP contribution is -2.25. The molecule has 4 nitrogen and oxygen atoms in total. The first kappa shape index (κ1) is 16.1. The molecule has 3 N–H and O–H groups in total. The number of hydrogen-bond donors (Lipinski definition) is 2. The van der Waals surface area contributed by atoms with Crippen LogP contribution in [0.4, 0.5) is 0 Å². The van der Waals surface area contributed by atoms with Crippen LogP contribution in [0.15, 0.2) is 23.1 Å². The summed E-state index contributed by atoms with van der Waals surface area (Å²) in [6, 6.07) is 5.31. The number of unbranched alkanes of at least 4 members (excludes halogenated alkanes) is 3. The molecule has 19 heavy (non-hydrogen) atoms. The van der Waals surface area contributed by atoms with Gasteiger partial charge in [-0.2, -0.15) is 0 Å². The first-order chi connectivity index (χ1) is 9.01. The van der Waals surface area contributed by atoms with Gasteiger partial charge in [0.05, 0.1) is 4.90 Å². The Kier molecular flexibility index (Phi) is 6.48. The highest BCUT2D eigenvalue weighted by Gasteiger charge is 2.16. The van der Waals surface area contributed by atoms with Gasteiger partial charge in [-0.1, -0.05) is 38.3 Å². The monoisotopic (exact) mass is 284 g/mol. The van der Waals surface area contributed by atoms with Gasteiger partial charge in [-0.25, -0.2) is 13.1 Å². The molecule has 0 saturated heterocycles. The number of rotatable bonds is 8. The number of nitrogens with two attached hydrogens (primary N) is 1. The molecule has 0 amide bonds. The minimum absolute atomic E-state index is 0.339. The first-order valence-electron chi connectivity index (χ1n) is 6.80. The van der Waals surface area contributed by atoms with Crippen LogP contribution >= 0.6 is 0 Å². The zero-order valence-corrected chi connectivity index (χ0v) is 12.6. The van der Waals surface area contributed by atoms with Crippen LogP contribution in [0.1, 0.15) is 43.7 Å². The van der Waals surface area contributed by atoms with Crippen molar-refractivity contribution in [1.29, 1.82) is 0 Å². The maximum atomic E-state index is 12.2. The third-order valence-electron chi connectivity index (χ3n) is 3.10. The minimum atomic E-state index is -3.42. The van der Waals surface area contributed by atoms with Crippen LogP contribution in [0, 0.1) is 6.92 Å². The lowest BCUT2D eigenvalue weighted by atomic mass is 10.1. The molecule has 0 spiro atoms. The molecule has 1 rings (SSSR count). The molecule has 0 atom stereocenters. The van der Waals surface area contributed by atoms with E-state index in [0.29, 0.717) is 18.0 Å². The second-order valence-electron chi connectivity index (χ2n) is 4.76. The summed E-state index contributed by atoms with van der Waals surface area (Å²) in [7, 11) is -3.42. The molecule has 0 aliphatic carbocycles. The van der Waals surface area contributed by atoms with E-state index in [1.807, 2.05) is 6.07 Å². The van der Waals surface area contributed by atoms with Crippen LogP contribution in [0.3, 0.4) is 0 Å². The molecule has 0 heterocycles. The molecule has 0 saturated carbocycles. The highest BCUT2D eigenvalue weighted by atomic mass is 32.2. The third-order valence-corrected chi connectivity index (χ3v) is 4.70. The van der Waals surface area contributed by atoms with Crippen molar-refractivity contribution in [3.05, 3.63) is 29.3 Å². The molecule has 0 aliphatic rings. The molecule has 1 aromatic carbocycles. The topological polar surface area (TPSA) is 72.2 Å². The van der Waals surface area contributed by atoms with E-state index in [1.54, 1.807) is 19.1 Å². The van der Waals surface area contributed by atoms with E-state index in [9.17, 15) is 8.42 Å². The smallest absolute Gasteiger partial charge is 0.240 e. The van der Waals surface area contributed by atoms with Crippen LogP contribution in [-0.2, 0) is 16.6 Å². The highest BCUT2D eigenvalue weighted by molar-refractivity contribution is 7.89. The van der Waals surface area contributed by atoms with E-state index < -0.39 is 10.0 Å². The summed E-state index contributed by atoms with van der Waals surface area (Å²) in [4.78, 5) is 0.339. The second-order valence-corrected chi connectivity index (χ2v) is 6.50. The molecule has 0 aliphatic heterocycles. The fraction of sp³-hybridized carbons (Fsp3) is 0.571. The molecule has 1 aromatic rings. The molecule has 108 valence electrons. The molecular formula is C14H24N2O2S. The Bertz CT molecular complexity index is 498. The summed E-state index contributed by atoms with van der Waals surface area (Å²) in [5, 5.41) is 0. The fourth-order valence-electron chi connectivity index (χ4n) is 1.90.